The third-order valence-corrected chi connectivity index (χ3v) is 4.56. The average molecular weight is 333 g/mol. The topological polar surface area (TPSA) is 38.9 Å². The molecule has 0 saturated carbocycles. The number of nitrogens with two attached hydrogens (primary N) is 1. The number of aromatic nitrogens is 1. The molecule has 0 atom stereocenters. The second-order valence-electron chi connectivity index (χ2n) is 4.46. The molecule has 3 rings (SSSR count). The van der Waals surface area contributed by atoms with E-state index in [1.807, 2.05) is 18.2 Å². The Labute approximate surface area is 124 Å². The maximum atomic E-state index is 5.79. The van der Waals surface area contributed by atoms with E-state index >= 15 is 0 Å². The number of thiazole rings is 1. The molecule has 0 unspecified atom stereocenters. The van der Waals surface area contributed by atoms with E-state index in [0.29, 0.717) is 0 Å². The summed E-state index contributed by atoms with van der Waals surface area (Å²) in [5, 5.41) is 1.18. The SMILES string of the molecule is Nc1cccc(CCc2nc3cc(Br)ccc3s2)c1. The van der Waals surface area contributed by atoms with Gasteiger partial charge in [0, 0.05) is 16.6 Å². The molecule has 4 heteroatoms. The lowest BCUT2D eigenvalue weighted by Crippen LogP contribution is -1.92. The Kier molecular flexibility index (Phi) is 3.53. The molecule has 2 N–H and O–H groups in total. The summed E-state index contributed by atoms with van der Waals surface area (Å²) < 4.78 is 2.32. The number of aryl methyl sites for hydroxylation is 2. The van der Waals surface area contributed by atoms with Gasteiger partial charge in [-0.2, -0.15) is 0 Å². The van der Waals surface area contributed by atoms with Gasteiger partial charge >= 0.3 is 0 Å². The summed E-state index contributed by atoms with van der Waals surface area (Å²) in [6, 6.07) is 14.3. The molecule has 1 heterocycles. The highest BCUT2D eigenvalue weighted by atomic mass is 79.9. The molecule has 19 heavy (non-hydrogen) atoms. The summed E-state index contributed by atoms with van der Waals surface area (Å²) in [5.74, 6) is 0. The van der Waals surface area contributed by atoms with Gasteiger partial charge < -0.3 is 5.73 Å². The summed E-state index contributed by atoms with van der Waals surface area (Å²) in [6.45, 7) is 0. The standard InChI is InChI=1S/C15H13BrN2S/c16-11-5-6-14-13(9-11)18-15(19-14)7-4-10-2-1-3-12(17)8-10/h1-3,5-6,8-9H,4,7,17H2. The van der Waals surface area contributed by atoms with E-state index in [1.54, 1.807) is 11.3 Å². The highest BCUT2D eigenvalue weighted by Gasteiger charge is 2.04. The van der Waals surface area contributed by atoms with Crippen molar-refractivity contribution in [2.24, 2.45) is 0 Å². The van der Waals surface area contributed by atoms with Gasteiger partial charge in [0.25, 0.3) is 0 Å². The first-order valence-electron chi connectivity index (χ1n) is 6.10. The predicted molar refractivity (Wildman–Crippen MR) is 85.6 cm³/mol. The molecular weight excluding hydrogens is 320 g/mol. The average Bonchev–Trinajstić information content (AvgIpc) is 2.78. The van der Waals surface area contributed by atoms with Crippen molar-refractivity contribution in [3.05, 3.63) is 57.5 Å². The molecule has 0 radical (unpaired) electrons. The molecule has 0 amide bonds. The van der Waals surface area contributed by atoms with Gasteiger partial charge in [0.2, 0.25) is 0 Å². The lowest BCUT2D eigenvalue weighted by molar-refractivity contribution is 0.949. The monoisotopic (exact) mass is 332 g/mol. The normalized spacial score (nSPS) is 11.0. The lowest BCUT2D eigenvalue weighted by Gasteiger charge is -2.00. The van der Waals surface area contributed by atoms with Gasteiger partial charge in [-0.15, -0.1) is 11.3 Å². The van der Waals surface area contributed by atoms with Crippen LogP contribution in [0.25, 0.3) is 10.2 Å². The Bertz CT molecular complexity index is 721. The minimum atomic E-state index is 0.825. The largest absolute Gasteiger partial charge is 0.399 e. The van der Waals surface area contributed by atoms with Gasteiger partial charge in [-0.25, -0.2) is 4.98 Å². The zero-order chi connectivity index (χ0) is 13.2. The molecule has 0 aliphatic carbocycles. The lowest BCUT2D eigenvalue weighted by atomic mass is 10.1. The number of benzene rings is 2. The number of halogens is 1. The minimum Gasteiger partial charge on any atom is -0.399 e. The molecular formula is C15H13BrN2S. The Balaban J connectivity index is 1.78. The molecule has 0 saturated heterocycles. The number of nitrogen functional groups attached to an aromatic ring is 1. The minimum absolute atomic E-state index is 0.825. The van der Waals surface area contributed by atoms with Crippen LogP contribution in [0.4, 0.5) is 5.69 Å². The van der Waals surface area contributed by atoms with Crippen molar-refractivity contribution in [3.8, 4) is 0 Å². The van der Waals surface area contributed by atoms with Crippen LogP contribution in [0.1, 0.15) is 10.6 Å². The van der Waals surface area contributed by atoms with E-state index in [-0.39, 0.29) is 0 Å². The Hall–Kier alpha value is -1.39. The number of hydrogen-bond acceptors (Lipinski definition) is 3. The zero-order valence-electron chi connectivity index (χ0n) is 10.3. The fraction of sp³-hybridized carbons (Fsp3) is 0.133. The van der Waals surface area contributed by atoms with Crippen molar-refractivity contribution >= 4 is 43.2 Å². The van der Waals surface area contributed by atoms with Gasteiger partial charge in [-0.05, 0) is 42.3 Å². The van der Waals surface area contributed by atoms with E-state index < -0.39 is 0 Å². The van der Waals surface area contributed by atoms with Crippen molar-refractivity contribution in [1.29, 1.82) is 0 Å². The number of fused-ring (bicyclic) bond motifs is 1. The van der Waals surface area contributed by atoms with Crippen LogP contribution >= 0.6 is 27.3 Å². The Morgan fingerprint density at radius 1 is 1.11 bits per heavy atom. The summed E-state index contributed by atoms with van der Waals surface area (Å²) >= 11 is 5.24. The van der Waals surface area contributed by atoms with E-state index in [9.17, 15) is 0 Å². The van der Waals surface area contributed by atoms with Crippen molar-refractivity contribution in [2.75, 3.05) is 5.73 Å². The van der Waals surface area contributed by atoms with Crippen LogP contribution in [0.3, 0.4) is 0 Å². The van der Waals surface area contributed by atoms with Gasteiger partial charge in [-0.1, -0.05) is 28.1 Å². The van der Waals surface area contributed by atoms with Gasteiger partial charge in [0.05, 0.1) is 15.2 Å². The van der Waals surface area contributed by atoms with Crippen LogP contribution in [0, 0.1) is 0 Å². The number of hydrogen-bond donors (Lipinski definition) is 1. The zero-order valence-corrected chi connectivity index (χ0v) is 12.7. The third-order valence-electron chi connectivity index (χ3n) is 2.97. The molecule has 2 aromatic carbocycles. The molecule has 1 aromatic heterocycles. The molecule has 2 nitrogen and oxygen atoms in total. The first-order valence-corrected chi connectivity index (χ1v) is 7.71. The van der Waals surface area contributed by atoms with Gasteiger partial charge in [-0.3, -0.25) is 0 Å². The van der Waals surface area contributed by atoms with E-state index in [1.165, 1.54) is 15.3 Å². The molecule has 3 aromatic rings. The summed E-state index contributed by atoms with van der Waals surface area (Å²) in [4.78, 5) is 4.67. The highest BCUT2D eigenvalue weighted by Crippen LogP contribution is 2.26. The van der Waals surface area contributed by atoms with E-state index in [4.69, 9.17) is 5.73 Å². The van der Waals surface area contributed by atoms with Crippen molar-refractivity contribution in [3.63, 3.8) is 0 Å². The van der Waals surface area contributed by atoms with E-state index in [0.717, 1.165) is 28.5 Å². The number of nitrogens with zero attached hydrogens (tertiary/aromatic N) is 1. The molecule has 96 valence electrons. The van der Waals surface area contributed by atoms with Crippen LogP contribution in [-0.4, -0.2) is 4.98 Å². The first kappa shape index (κ1) is 12.6. The molecule has 0 aliphatic heterocycles. The summed E-state index contributed by atoms with van der Waals surface area (Å²) in [6.07, 6.45) is 1.94. The second kappa shape index (κ2) is 5.31. The third kappa shape index (κ3) is 2.96. The molecule has 0 spiro atoms. The summed E-state index contributed by atoms with van der Waals surface area (Å²) in [5.41, 5.74) is 8.95. The van der Waals surface area contributed by atoms with Gasteiger partial charge in [0.15, 0.2) is 0 Å². The molecule has 0 bridgehead atoms. The Morgan fingerprint density at radius 2 is 2.00 bits per heavy atom. The fourth-order valence-electron chi connectivity index (χ4n) is 2.06. The molecule has 0 fully saturated rings. The van der Waals surface area contributed by atoms with Crippen molar-refractivity contribution < 1.29 is 0 Å². The Morgan fingerprint density at radius 3 is 2.84 bits per heavy atom. The highest BCUT2D eigenvalue weighted by molar-refractivity contribution is 9.10. The smallest absolute Gasteiger partial charge is 0.0941 e. The maximum absolute atomic E-state index is 5.79. The van der Waals surface area contributed by atoms with Crippen LogP contribution < -0.4 is 5.73 Å². The predicted octanol–water partition coefficient (Wildman–Crippen LogP) is 4.43. The van der Waals surface area contributed by atoms with Crippen LogP contribution in [-0.2, 0) is 12.8 Å². The molecule has 0 aliphatic rings. The second-order valence-corrected chi connectivity index (χ2v) is 6.50. The number of anilines is 1. The van der Waals surface area contributed by atoms with Crippen molar-refractivity contribution in [2.45, 2.75) is 12.8 Å². The van der Waals surface area contributed by atoms with Crippen LogP contribution in [0.15, 0.2) is 46.9 Å². The van der Waals surface area contributed by atoms with Gasteiger partial charge in [0.1, 0.15) is 0 Å². The fourth-order valence-corrected chi connectivity index (χ4v) is 3.35. The van der Waals surface area contributed by atoms with Crippen LogP contribution in [0.5, 0.6) is 0 Å². The number of rotatable bonds is 3. The quantitative estimate of drug-likeness (QED) is 0.720. The van der Waals surface area contributed by atoms with E-state index in [2.05, 4.69) is 45.2 Å². The first-order chi connectivity index (χ1) is 9.20. The summed E-state index contributed by atoms with van der Waals surface area (Å²) in [7, 11) is 0. The maximum Gasteiger partial charge on any atom is 0.0941 e. The van der Waals surface area contributed by atoms with Crippen LogP contribution in [0.2, 0.25) is 0 Å². The van der Waals surface area contributed by atoms with Crippen molar-refractivity contribution in [1.82, 2.24) is 4.98 Å².